The van der Waals surface area contributed by atoms with E-state index in [1.54, 1.807) is 0 Å². The quantitative estimate of drug-likeness (QED) is 0.487. The van der Waals surface area contributed by atoms with Crippen LogP contribution in [-0.4, -0.2) is 85.4 Å². The molecule has 0 aromatic heterocycles. The van der Waals surface area contributed by atoms with Crippen LogP contribution in [0.4, 0.5) is 14.1 Å². The van der Waals surface area contributed by atoms with Gasteiger partial charge in [0, 0.05) is 26.2 Å². The zero-order valence-electron chi connectivity index (χ0n) is 7.05. The Labute approximate surface area is 116 Å². The molecule has 0 aromatic carbocycles. The Morgan fingerprint density at radius 1 is 0.750 bits per heavy atom. The average molecular weight is 214 g/mol. The Bertz CT molecular complexity index is 40.2. The van der Waals surface area contributed by atoms with E-state index in [9.17, 15) is 0 Å². The van der Waals surface area contributed by atoms with Gasteiger partial charge in [0.05, 0.1) is 7.85 Å². The van der Waals surface area contributed by atoms with Gasteiger partial charge in [-0.3, -0.25) is 14.1 Å². The van der Waals surface area contributed by atoms with Gasteiger partial charge in [0.15, 0.2) is 0 Å². The SMILES string of the molecule is BC.C1CNCCN1.F.F.F.[KH]. The summed E-state index contributed by atoms with van der Waals surface area (Å²) >= 11 is 0. The standard InChI is InChI=1S/C4H10N2.CH5B.3FH.K.H/c1-2-6-4-3-5-1;1-2;;;;;/h5-6H,1-4H2;2H2,1H3;3*1H;;. The summed E-state index contributed by atoms with van der Waals surface area (Å²) in [4.78, 5) is 0. The fraction of sp³-hybridized carbons (Fsp3) is 1.00. The minimum absolute atomic E-state index is 0. The third-order valence-corrected chi connectivity index (χ3v) is 0.957. The first-order valence-electron chi connectivity index (χ1n) is 3.41. The van der Waals surface area contributed by atoms with Crippen LogP contribution < -0.4 is 10.6 Å². The fourth-order valence-electron chi connectivity index (χ4n) is 0.604. The van der Waals surface area contributed by atoms with Gasteiger partial charge in [-0.1, -0.05) is 6.82 Å². The van der Waals surface area contributed by atoms with Gasteiger partial charge >= 0.3 is 51.4 Å². The van der Waals surface area contributed by atoms with Crippen molar-refractivity contribution in [3.05, 3.63) is 0 Å². The van der Waals surface area contributed by atoms with Crippen LogP contribution in [0.5, 0.6) is 0 Å². The first-order chi connectivity index (χ1) is 4.00. The molecule has 0 atom stereocenters. The summed E-state index contributed by atoms with van der Waals surface area (Å²) in [6, 6.07) is 0. The summed E-state index contributed by atoms with van der Waals surface area (Å²) in [5.74, 6) is 0. The zero-order valence-corrected chi connectivity index (χ0v) is 7.05. The van der Waals surface area contributed by atoms with E-state index >= 15 is 0 Å². The van der Waals surface area contributed by atoms with E-state index < -0.39 is 0 Å². The van der Waals surface area contributed by atoms with Crippen molar-refractivity contribution in [3.63, 3.8) is 0 Å². The third-order valence-electron chi connectivity index (χ3n) is 0.957. The van der Waals surface area contributed by atoms with Crippen LogP contribution in [-0.2, 0) is 0 Å². The summed E-state index contributed by atoms with van der Waals surface area (Å²) in [5, 5.41) is 6.44. The Hall–Kier alpha value is 1.41. The van der Waals surface area contributed by atoms with Crippen LogP contribution in [0.15, 0.2) is 0 Å². The van der Waals surface area contributed by atoms with Gasteiger partial charge < -0.3 is 10.6 Å². The zero-order chi connectivity index (χ0) is 6.24. The Morgan fingerprint density at radius 2 is 0.917 bits per heavy atom. The van der Waals surface area contributed by atoms with Gasteiger partial charge in [-0.05, 0) is 0 Å². The van der Waals surface area contributed by atoms with Crippen molar-refractivity contribution in [1.29, 1.82) is 0 Å². The van der Waals surface area contributed by atoms with E-state index in [1.807, 2.05) is 14.7 Å². The molecular weight excluding hydrogens is 195 g/mol. The van der Waals surface area contributed by atoms with Crippen LogP contribution >= 0.6 is 0 Å². The van der Waals surface area contributed by atoms with E-state index in [1.165, 1.54) is 0 Å². The second-order valence-electron chi connectivity index (χ2n) is 1.50. The molecular formula is C5H19BF3KN2. The molecule has 0 amide bonds. The summed E-state index contributed by atoms with van der Waals surface area (Å²) in [5.41, 5.74) is 0. The molecule has 12 heavy (non-hydrogen) atoms. The molecule has 1 aliphatic heterocycles. The number of rotatable bonds is 0. The number of nitrogens with one attached hydrogen (secondary N) is 2. The third kappa shape index (κ3) is 22.5. The minimum atomic E-state index is 0. The van der Waals surface area contributed by atoms with E-state index in [-0.39, 0.29) is 65.5 Å². The van der Waals surface area contributed by atoms with Crippen molar-refractivity contribution in [1.82, 2.24) is 10.6 Å². The Morgan fingerprint density at radius 3 is 1.00 bits per heavy atom. The molecule has 1 heterocycles. The molecule has 2 nitrogen and oxygen atoms in total. The predicted octanol–water partition coefficient (Wildman–Crippen LogP) is -1.34. The van der Waals surface area contributed by atoms with E-state index in [0.29, 0.717) is 0 Å². The summed E-state index contributed by atoms with van der Waals surface area (Å²) < 4.78 is 0. The van der Waals surface area contributed by atoms with Crippen LogP contribution in [0.3, 0.4) is 0 Å². The first-order valence-corrected chi connectivity index (χ1v) is 3.41. The summed E-state index contributed by atoms with van der Waals surface area (Å²) in [6.07, 6.45) is 0. The van der Waals surface area contributed by atoms with Crippen LogP contribution in [0.1, 0.15) is 0 Å². The van der Waals surface area contributed by atoms with E-state index in [0.717, 1.165) is 26.2 Å². The number of halogens is 3. The van der Waals surface area contributed by atoms with Gasteiger partial charge in [-0.15, -0.1) is 0 Å². The number of piperazine rings is 1. The van der Waals surface area contributed by atoms with Gasteiger partial charge in [0.25, 0.3) is 0 Å². The molecule has 2 N–H and O–H groups in total. The molecule has 1 aliphatic rings. The summed E-state index contributed by atoms with van der Waals surface area (Å²) in [7, 11) is 2.00. The molecule has 0 aliphatic carbocycles. The van der Waals surface area contributed by atoms with Crippen molar-refractivity contribution in [2.24, 2.45) is 0 Å². The Kier molecular flexibility index (Phi) is 71.6. The van der Waals surface area contributed by atoms with Crippen LogP contribution in [0.25, 0.3) is 0 Å². The number of hydrogen-bond acceptors (Lipinski definition) is 2. The summed E-state index contributed by atoms with van der Waals surface area (Å²) in [6.45, 7) is 6.56. The molecule has 0 saturated carbocycles. The molecule has 7 heteroatoms. The molecule has 0 radical (unpaired) electrons. The maximum atomic E-state index is 3.22. The Balaban J connectivity index is -0.0000000257. The van der Waals surface area contributed by atoms with Crippen molar-refractivity contribution < 1.29 is 14.1 Å². The monoisotopic (exact) mass is 214 g/mol. The topological polar surface area (TPSA) is 24.1 Å². The van der Waals surface area contributed by atoms with Crippen molar-refractivity contribution >= 4 is 59.2 Å². The molecule has 0 aromatic rings. The van der Waals surface area contributed by atoms with Crippen molar-refractivity contribution in [2.45, 2.75) is 6.82 Å². The second-order valence-corrected chi connectivity index (χ2v) is 1.50. The maximum absolute atomic E-state index is 3.22. The van der Waals surface area contributed by atoms with Gasteiger partial charge in [0.1, 0.15) is 0 Å². The molecule has 1 rings (SSSR count). The normalized spacial score (nSPS) is 12.4. The van der Waals surface area contributed by atoms with Crippen LogP contribution in [0.2, 0.25) is 6.82 Å². The molecule has 0 spiro atoms. The number of hydrogen-bond donors (Lipinski definition) is 2. The second kappa shape index (κ2) is 29.4. The van der Waals surface area contributed by atoms with Crippen LogP contribution in [0, 0.1) is 0 Å². The first kappa shape index (κ1) is 29.2. The van der Waals surface area contributed by atoms with E-state index in [2.05, 4.69) is 10.6 Å². The van der Waals surface area contributed by atoms with Crippen molar-refractivity contribution in [3.8, 4) is 0 Å². The fourth-order valence-corrected chi connectivity index (χ4v) is 0.604. The molecule has 1 fully saturated rings. The molecule has 0 bridgehead atoms. The van der Waals surface area contributed by atoms with Crippen molar-refractivity contribution in [2.75, 3.05) is 26.2 Å². The van der Waals surface area contributed by atoms with Gasteiger partial charge in [-0.2, -0.15) is 0 Å². The van der Waals surface area contributed by atoms with Gasteiger partial charge in [0.2, 0.25) is 0 Å². The van der Waals surface area contributed by atoms with E-state index in [4.69, 9.17) is 0 Å². The van der Waals surface area contributed by atoms with Gasteiger partial charge in [-0.25, -0.2) is 0 Å². The molecule has 74 valence electrons. The predicted molar refractivity (Wildman–Crippen MR) is 54.8 cm³/mol. The molecule has 1 saturated heterocycles. The average Bonchev–Trinajstić information content (AvgIpc) is 1.96. The molecule has 0 unspecified atom stereocenters.